The number of likely N-dealkylation sites (tertiary alicyclic amines) is 1. The van der Waals surface area contributed by atoms with Crippen LogP contribution in [0.1, 0.15) is 43.5 Å². The lowest BCUT2D eigenvalue weighted by atomic mass is 9.92. The van der Waals surface area contributed by atoms with Gasteiger partial charge in [-0.1, -0.05) is 19.9 Å². The van der Waals surface area contributed by atoms with E-state index in [0.29, 0.717) is 49.1 Å². The SMILES string of the molecule is C[C@H]1C[C@H](C)CN(C(=O)COC(=O)c2cccc(N3CCCC3=O)c2)C1. The summed E-state index contributed by atoms with van der Waals surface area (Å²) in [6, 6.07) is 6.83. The molecule has 6 nitrogen and oxygen atoms in total. The minimum Gasteiger partial charge on any atom is -0.452 e. The minimum atomic E-state index is -0.537. The summed E-state index contributed by atoms with van der Waals surface area (Å²) in [5, 5.41) is 0. The van der Waals surface area contributed by atoms with Crippen molar-refractivity contribution in [1.29, 1.82) is 0 Å². The Morgan fingerprint density at radius 3 is 2.58 bits per heavy atom. The van der Waals surface area contributed by atoms with Gasteiger partial charge in [-0.25, -0.2) is 4.79 Å². The Morgan fingerprint density at radius 1 is 1.19 bits per heavy atom. The minimum absolute atomic E-state index is 0.0685. The van der Waals surface area contributed by atoms with Gasteiger partial charge in [0.2, 0.25) is 5.91 Å². The first-order valence-corrected chi connectivity index (χ1v) is 9.29. The average Bonchev–Trinajstić information content (AvgIpc) is 3.04. The van der Waals surface area contributed by atoms with Crippen molar-refractivity contribution in [3.63, 3.8) is 0 Å². The van der Waals surface area contributed by atoms with Crippen LogP contribution >= 0.6 is 0 Å². The zero-order valence-electron chi connectivity index (χ0n) is 15.4. The highest BCUT2D eigenvalue weighted by atomic mass is 16.5. The van der Waals surface area contributed by atoms with Crippen molar-refractivity contribution >= 4 is 23.5 Å². The molecule has 2 aliphatic rings. The molecule has 26 heavy (non-hydrogen) atoms. The van der Waals surface area contributed by atoms with Crippen LogP contribution in [-0.4, -0.2) is 48.9 Å². The van der Waals surface area contributed by atoms with Gasteiger partial charge >= 0.3 is 5.97 Å². The third-order valence-corrected chi connectivity index (χ3v) is 5.02. The summed E-state index contributed by atoms with van der Waals surface area (Å²) in [6.07, 6.45) is 2.48. The molecule has 0 saturated carbocycles. The van der Waals surface area contributed by atoms with E-state index < -0.39 is 5.97 Å². The molecule has 0 radical (unpaired) electrons. The number of esters is 1. The number of piperidine rings is 1. The molecule has 0 bridgehead atoms. The van der Waals surface area contributed by atoms with E-state index in [1.54, 1.807) is 28.0 Å². The van der Waals surface area contributed by atoms with Crippen LogP contribution in [0.25, 0.3) is 0 Å². The molecule has 2 atom stereocenters. The Bertz CT molecular complexity index is 693. The lowest BCUT2D eigenvalue weighted by Gasteiger charge is -2.34. The van der Waals surface area contributed by atoms with Crippen molar-refractivity contribution in [3.05, 3.63) is 29.8 Å². The lowest BCUT2D eigenvalue weighted by molar-refractivity contribution is -0.137. The molecule has 0 N–H and O–H groups in total. The molecule has 0 aliphatic carbocycles. The molecule has 140 valence electrons. The summed E-state index contributed by atoms with van der Waals surface area (Å²) >= 11 is 0. The second-order valence-electron chi connectivity index (χ2n) is 7.52. The largest absolute Gasteiger partial charge is 0.452 e. The summed E-state index contributed by atoms with van der Waals surface area (Å²) in [5.41, 5.74) is 1.06. The van der Waals surface area contributed by atoms with Crippen LogP contribution in [0.3, 0.4) is 0 Å². The van der Waals surface area contributed by atoms with Gasteiger partial charge in [0.25, 0.3) is 5.91 Å². The van der Waals surface area contributed by atoms with Crippen LogP contribution in [0, 0.1) is 11.8 Å². The number of carbonyl (C=O) groups is 3. The van der Waals surface area contributed by atoms with E-state index in [0.717, 1.165) is 12.8 Å². The number of benzene rings is 1. The number of nitrogens with zero attached hydrogens (tertiary/aromatic N) is 2. The highest BCUT2D eigenvalue weighted by Crippen LogP contribution is 2.23. The van der Waals surface area contributed by atoms with Crippen molar-refractivity contribution in [2.45, 2.75) is 33.1 Å². The maximum Gasteiger partial charge on any atom is 0.338 e. The molecule has 0 spiro atoms. The highest BCUT2D eigenvalue weighted by molar-refractivity contribution is 5.97. The van der Waals surface area contributed by atoms with Gasteiger partial charge in [-0.05, 0) is 42.9 Å². The van der Waals surface area contributed by atoms with Gasteiger partial charge in [-0.2, -0.15) is 0 Å². The molecular formula is C20H26N2O4. The molecular weight excluding hydrogens is 332 g/mol. The summed E-state index contributed by atoms with van der Waals surface area (Å²) in [7, 11) is 0. The molecule has 0 aromatic heterocycles. The van der Waals surface area contributed by atoms with Gasteiger partial charge in [0.15, 0.2) is 6.61 Å². The number of hydrogen-bond acceptors (Lipinski definition) is 4. The van der Waals surface area contributed by atoms with Crippen LogP contribution in [0.2, 0.25) is 0 Å². The van der Waals surface area contributed by atoms with Gasteiger partial charge in [-0.3, -0.25) is 9.59 Å². The smallest absolute Gasteiger partial charge is 0.338 e. The molecule has 1 aromatic carbocycles. The number of carbonyl (C=O) groups excluding carboxylic acids is 3. The summed E-state index contributed by atoms with van der Waals surface area (Å²) in [6.45, 7) is 6.12. The van der Waals surface area contributed by atoms with E-state index in [2.05, 4.69) is 13.8 Å². The topological polar surface area (TPSA) is 66.9 Å². The highest BCUT2D eigenvalue weighted by Gasteiger charge is 2.26. The van der Waals surface area contributed by atoms with E-state index in [4.69, 9.17) is 4.74 Å². The van der Waals surface area contributed by atoms with Crippen LogP contribution in [0.5, 0.6) is 0 Å². The van der Waals surface area contributed by atoms with Crippen LogP contribution in [0.15, 0.2) is 24.3 Å². The Balaban J connectivity index is 1.58. The predicted molar refractivity (Wildman–Crippen MR) is 97.8 cm³/mol. The summed E-state index contributed by atoms with van der Waals surface area (Å²) in [4.78, 5) is 40.0. The number of ether oxygens (including phenoxy) is 1. The number of anilines is 1. The van der Waals surface area contributed by atoms with Crippen LogP contribution < -0.4 is 4.90 Å². The Labute approximate surface area is 154 Å². The van der Waals surface area contributed by atoms with Crippen molar-refractivity contribution in [3.8, 4) is 0 Å². The third-order valence-electron chi connectivity index (χ3n) is 5.02. The fourth-order valence-electron chi connectivity index (χ4n) is 3.89. The van der Waals surface area contributed by atoms with Gasteiger partial charge in [0, 0.05) is 31.7 Å². The molecule has 3 rings (SSSR count). The molecule has 6 heteroatoms. The van der Waals surface area contributed by atoms with Crippen molar-refractivity contribution in [1.82, 2.24) is 4.90 Å². The van der Waals surface area contributed by atoms with Crippen molar-refractivity contribution in [2.75, 3.05) is 31.1 Å². The van der Waals surface area contributed by atoms with Gasteiger partial charge < -0.3 is 14.5 Å². The van der Waals surface area contributed by atoms with E-state index in [1.807, 2.05) is 6.07 Å². The first kappa shape index (κ1) is 18.4. The van der Waals surface area contributed by atoms with Crippen LogP contribution in [0.4, 0.5) is 5.69 Å². The zero-order chi connectivity index (χ0) is 18.7. The summed E-state index contributed by atoms with van der Waals surface area (Å²) in [5.74, 6) is 0.313. The molecule has 2 aliphatic heterocycles. The molecule has 0 unspecified atom stereocenters. The van der Waals surface area contributed by atoms with Crippen molar-refractivity contribution in [2.24, 2.45) is 11.8 Å². The lowest BCUT2D eigenvalue weighted by Crippen LogP contribution is -2.44. The first-order chi connectivity index (χ1) is 12.4. The normalized spacial score (nSPS) is 23.2. The van der Waals surface area contributed by atoms with Gasteiger partial charge in [-0.15, -0.1) is 0 Å². The second-order valence-corrected chi connectivity index (χ2v) is 7.52. The molecule has 2 amide bonds. The Kier molecular flexibility index (Phi) is 5.59. The molecule has 1 aromatic rings. The first-order valence-electron chi connectivity index (χ1n) is 9.29. The zero-order valence-corrected chi connectivity index (χ0v) is 15.4. The standard InChI is InChI=1S/C20H26N2O4/c1-14-9-15(2)12-21(11-14)19(24)13-26-20(25)16-5-3-6-17(10-16)22-8-4-7-18(22)23/h3,5-6,10,14-15H,4,7-9,11-13H2,1-2H3/t14-,15-/m0/s1. The predicted octanol–water partition coefficient (Wildman–Crippen LogP) is 2.47. The van der Waals surface area contributed by atoms with Gasteiger partial charge in [0.1, 0.15) is 0 Å². The number of hydrogen-bond donors (Lipinski definition) is 0. The van der Waals surface area contributed by atoms with Gasteiger partial charge in [0.05, 0.1) is 5.56 Å². The van der Waals surface area contributed by atoms with E-state index in [9.17, 15) is 14.4 Å². The Morgan fingerprint density at radius 2 is 1.92 bits per heavy atom. The van der Waals surface area contributed by atoms with E-state index >= 15 is 0 Å². The maximum atomic E-state index is 12.3. The third kappa shape index (κ3) is 4.23. The fourth-order valence-corrected chi connectivity index (χ4v) is 3.89. The second kappa shape index (κ2) is 7.89. The fraction of sp³-hybridized carbons (Fsp3) is 0.550. The van der Waals surface area contributed by atoms with E-state index in [1.165, 1.54) is 0 Å². The van der Waals surface area contributed by atoms with E-state index in [-0.39, 0.29) is 18.4 Å². The summed E-state index contributed by atoms with van der Waals surface area (Å²) < 4.78 is 5.22. The number of rotatable bonds is 4. The average molecular weight is 358 g/mol. The maximum absolute atomic E-state index is 12.3. The van der Waals surface area contributed by atoms with Crippen molar-refractivity contribution < 1.29 is 19.1 Å². The molecule has 2 heterocycles. The quantitative estimate of drug-likeness (QED) is 0.776. The van der Waals surface area contributed by atoms with Crippen LogP contribution in [-0.2, 0) is 14.3 Å². The molecule has 2 fully saturated rings. The monoisotopic (exact) mass is 358 g/mol. The number of amides is 2. The Hall–Kier alpha value is -2.37. The molecule has 2 saturated heterocycles.